The maximum Gasteiger partial charge on any atom is 0.222 e. The first-order chi connectivity index (χ1) is 20.3. The molecule has 0 radical (unpaired) electrons. The molecule has 0 bridgehead atoms. The summed E-state index contributed by atoms with van der Waals surface area (Å²) in [7, 11) is 1.98. The number of rotatable bonds is 3. The SMILES string of the molecule is [2H]c1c([2H])[n+](C)c2c3c(cc4cc(CC(C)(C)C)ccc4c13)Sc1c-2c(C)c2cc(CC(C)(C)C)ccc2c1CC(C)(C)C. The lowest BCUT2D eigenvalue weighted by Crippen LogP contribution is -2.32. The number of pyridine rings is 1. The molecule has 5 aromatic rings. The minimum atomic E-state index is 0.106. The van der Waals surface area contributed by atoms with Gasteiger partial charge in [0.25, 0.3) is 0 Å². The molecule has 0 amide bonds. The summed E-state index contributed by atoms with van der Waals surface area (Å²) in [6.07, 6.45) is 3.25. The van der Waals surface area contributed by atoms with Crippen molar-refractivity contribution in [1.82, 2.24) is 0 Å². The zero-order valence-corrected chi connectivity index (χ0v) is 28.3. The van der Waals surface area contributed by atoms with E-state index in [9.17, 15) is 2.74 Å². The Balaban J connectivity index is 1.74. The normalized spacial score (nSPS) is 14.5. The van der Waals surface area contributed by atoms with E-state index in [1.165, 1.54) is 53.8 Å². The molecule has 1 nitrogen and oxygen atoms in total. The van der Waals surface area contributed by atoms with Crippen molar-refractivity contribution >= 4 is 44.1 Å². The molecule has 0 aliphatic carbocycles. The number of fused-ring (bicyclic) bond motifs is 5. The molecular weight excluding hydrogens is 527 g/mol. The Morgan fingerprint density at radius 3 is 1.93 bits per heavy atom. The molecule has 0 unspecified atom stereocenters. The van der Waals surface area contributed by atoms with Gasteiger partial charge >= 0.3 is 0 Å². The van der Waals surface area contributed by atoms with Crippen molar-refractivity contribution < 1.29 is 7.31 Å². The van der Waals surface area contributed by atoms with Gasteiger partial charge in [-0.05, 0) is 92.3 Å². The van der Waals surface area contributed by atoms with Crippen molar-refractivity contribution in [3.63, 3.8) is 0 Å². The molecule has 42 heavy (non-hydrogen) atoms. The first-order valence-corrected chi connectivity index (χ1v) is 16.3. The third-order valence-electron chi connectivity index (χ3n) is 8.40. The highest BCUT2D eigenvalue weighted by molar-refractivity contribution is 8.00. The topological polar surface area (TPSA) is 3.88 Å². The maximum absolute atomic E-state index is 9.22. The molecule has 2 heterocycles. The van der Waals surface area contributed by atoms with Gasteiger partial charge in [-0.25, -0.2) is 4.57 Å². The zero-order chi connectivity index (χ0) is 32.1. The fraction of sp³-hybridized carbons (Fsp3) is 0.425. The van der Waals surface area contributed by atoms with E-state index in [0.29, 0.717) is 6.04 Å². The van der Waals surface area contributed by atoms with Gasteiger partial charge in [0.15, 0.2) is 6.17 Å². The first kappa shape index (κ1) is 26.8. The second kappa shape index (κ2) is 9.84. The van der Waals surface area contributed by atoms with Crippen LogP contribution < -0.4 is 4.57 Å². The van der Waals surface area contributed by atoms with Gasteiger partial charge in [-0.15, -0.1) is 0 Å². The second-order valence-electron chi connectivity index (χ2n) is 16.3. The molecule has 0 spiro atoms. The molecule has 2 heteroatoms. The Hall–Kier alpha value is -2.84. The van der Waals surface area contributed by atoms with Crippen LogP contribution in [0.2, 0.25) is 0 Å². The highest BCUT2D eigenvalue weighted by Gasteiger charge is 2.33. The standard InChI is InChI=1S/C40H48NS/c1-24-31-19-26(22-39(5,6)7)13-15-29(31)32(23-40(8,9)10)37-34(24)36-35-30(16-17-41(36)11)28-14-12-25(21-38(2,3)4)18-27(28)20-33(35)42-37/h12-20H,21-23H2,1-11H3/q+1/i16D,17D. The van der Waals surface area contributed by atoms with Crippen molar-refractivity contribution in [1.29, 1.82) is 0 Å². The summed E-state index contributed by atoms with van der Waals surface area (Å²) >= 11 is 1.88. The van der Waals surface area contributed by atoms with Crippen LogP contribution >= 0.6 is 11.8 Å². The summed E-state index contributed by atoms with van der Waals surface area (Å²) in [5, 5.41) is 6.94. The lowest BCUT2D eigenvalue weighted by Gasteiger charge is -2.28. The summed E-state index contributed by atoms with van der Waals surface area (Å²) in [4.78, 5) is 2.52. The molecule has 0 fully saturated rings. The van der Waals surface area contributed by atoms with E-state index in [1.807, 2.05) is 23.4 Å². The van der Waals surface area contributed by atoms with Crippen molar-refractivity contribution in [2.75, 3.05) is 0 Å². The number of benzene rings is 4. The lowest BCUT2D eigenvalue weighted by molar-refractivity contribution is -0.659. The van der Waals surface area contributed by atoms with Gasteiger partial charge in [-0.1, -0.05) is 110 Å². The minimum absolute atomic E-state index is 0.106. The van der Waals surface area contributed by atoms with Gasteiger partial charge < -0.3 is 0 Å². The highest BCUT2D eigenvalue weighted by Crippen LogP contribution is 2.53. The summed E-state index contributed by atoms with van der Waals surface area (Å²) in [5.41, 5.74) is 8.19. The molecule has 6 rings (SSSR count). The number of aryl methyl sites for hydroxylation is 1. The lowest BCUT2D eigenvalue weighted by atomic mass is 9.81. The third-order valence-corrected chi connectivity index (χ3v) is 9.60. The van der Waals surface area contributed by atoms with E-state index < -0.39 is 0 Å². The van der Waals surface area contributed by atoms with Crippen LogP contribution in [-0.4, -0.2) is 0 Å². The van der Waals surface area contributed by atoms with Crippen molar-refractivity contribution in [3.8, 4) is 11.3 Å². The van der Waals surface area contributed by atoms with Gasteiger partial charge in [0, 0.05) is 21.2 Å². The fourth-order valence-electron chi connectivity index (χ4n) is 6.93. The second-order valence-corrected chi connectivity index (χ2v) is 17.4. The monoisotopic (exact) mass is 576 g/mol. The Kier molecular flexibility index (Phi) is 6.27. The average molecular weight is 577 g/mol. The molecule has 1 aromatic heterocycles. The maximum atomic E-state index is 9.22. The van der Waals surface area contributed by atoms with Crippen LogP contribution in [0.5, 0.6) is 0 Å². The molecule has 0 N–H and O–H groups in total. The summed E-state index contributed by atoms with van der Waals surface area (Å²) < 4.78 is 20.4. The van der Waals surface area contributed by atoms with E-state index in [2.05, 4.69) is 112 Å². The van der Waals surface area contributed by atoms with Crippen LogP contribution in [0.15, 0.2) is 64.5 Å². The number of aromatic nitrogens is 1. The zero-order valence-electron chi connectivity index (χ0n) is 29.5. The van der Waals surface area contributed by atoms with Crippen LogP contribution in [0, 0.1) is 23.2 Å². The van der Waals surface area contributed by atoms with Crippen LogP contribution in [0.1, 0.15) is 87.3 Å². The van der Waals surface area contributed by atoms with E-state index in [-0.39, 0.29) is 22.4 Å². The molecule has 1 aliphatic rings. The van der Waals surface area contributed by atoms with Gasteiger partial charge in [0.2, 0.25) is 5.69 Å². The van der Waals surface area contributed by atoms with E-state index in [1.54, 1.807) is 0 Å². The van der Waals surface area contributed by atoms with E-state index >= 15 is 0 Å². The van der Waals surface area contributed by atoms with Gasteiger partial charge in [0.05, 0.1) is 12.3 Å². The molecule has 0 saturated carbocycles. The van der Waals surface area contributed by atoms with E-state index in [0.717, 1.165) is 41.1 Å². The Bertz CT molecular complexity index is 2000. The highest BCUT2D eigenvalue weighted by atomic mass is 32.2. The van der Waals surface area contributed by atoms with Crippen molar-refractivity contribution in [2.24, 2.45) is 23.3 Å². The largest absolute Gasteiger partial charge is 0.222 e. The van der Waals surface area contributed by atoms with E-state index in [4.69, 9.17) is 0 Å². The van der Waals surface area contributed by atoms with Gasteiger partial charge in [0.1, 0.15) is 8.42 Å². The smallest absolute Gasteiger partial charge is 0.200 e. The van der Waals surface area contributed by atoms with Crippen LogP contribution in [0.25, 0.3) is 43.6 Å². The van der Waals surface area contributed by atoms with Crippen LogP contribution in [0.4, 0.5) is 0 Å². The van der Waals surface area contributed by atoms with Gasteiger partial charge in [-0.2, -0.15) is 0 Å². The summed E-state index contributed by atoms with van der Waals surface area (Å²) in [6, 6.07) is 16.6. The molecule has 4 aromatic carbocycles. The van der Waals surface area contributed by atoms with Crippen molar-refractivity contribution in [2.45, 2.75) is 98.3 Å². The number of hydrogen-bond donors (Lipinski definition) is 0. The average Bonchev–Trinajstić information content (AvgIpc) is 2.88. The molecular formula is C40H48NS+. The predicted octanol–water partition coefficient (Wildman–Crippen LogP) is 11.2. The predicted molar refractivity (Wildman–Crippen MR) is 184 cm³/mol. The third kappa shape index (κ3) is 5.37. The summed E-state index contributed by atoms with van der Waals surface area (Å²) in [6.45, 7) is 23.0. The molecule has 1 aliphatic heterocycles. The number of hydrogen-bond acceptors (Lipinski definition) is 1. The molecule has 0 saturated heterocycles. The van der Waals surface area contributed by atoms with Crippen molar-refractivity contribution in [3.05, 3.63) is 76.9 Å². The van der Waals surface area contributed by atoms with Crippen LogP contribution in [-0.2, 0) is 26.3 Å². The Labute approximate surface area is 260 Å². The minimum Gasteiger partial charge on any atom is -0.200 e. The van der Waals surface area contributed by atoms with Crippen LogP contribution in [0.3, 0.4) is 0 Å². The molecule has 218 valence electrons. The summed E-state index contributed by atoms with van der Waals surface area (Å²) in [5.74, 6) is 0. The fourth-order valence-corrected chi connectivity index (χ4v) is 8.30. The van der Waals surface area contributed by atoms with Gasteiger partial charge in [-0.3, -0.25) is 0 Å². The first-order valence-electron chi connectivity index (χ1n) is 16.5. The Morgan fingerprint density at radius 1 is 0.714 bits per heavy atom. The molecule has 0 atom stereocenters. The number of nitrogens with zero attached hydrogens (tertiary/aromatic N) is 1. The quantitative estimate of drug-likeness (QED) is 0.150. The Morgan fingerprint density at radius 2 is 1.31 bits per heavy atom.